The van der Waals surface area contributed by atoms with Crippen molar-refractivity contribution >= 4 is 5.91 Å². The van der Waals surface area contributed by atoms with E-state index in [1.54, 1.807) is 0 Å². The fourth-order valence-corrected chi connectivity index (χ4v) is 2.77. The zero-order valence-electron chi connectivity index (χ0n) is 11.7. The maximum Gasteiger partial charge on any atom is 0.220 e. The Balaban J connectivity index is 2.30. The zero-order chi connectivity index (χ0) is 13.5. The van der Waals surface area contributed by atoms with Crippen molar-refractivity contribution in [2.24, 2.45) is 17.6 Å². The van der Waals surface area contributed by atoms with Gasteiger partial charge in [0, 0.05) is 12.5 Å². The molecule has 18 heavy (non-hydrogen) atoms. The van der Waals surface area contributed by atoms with Crippen LogP contribution in [0.25, 0.3) is 0 Å². The predicted octanol–water partition coefficient (Wildman–Crippen LogP) is 1.42. The Hall–Kier alpha value is -0.610. The molecule has 4 N–H and O–H groups in total. The molecule has 0 aromatic carbocycles. The van der Waals surface area contributed by atoms with Crippen LogP contribution in [0.3, 0.4) is 0 Å². The Morgan fingerprint density at radius 3 is 2.72 bits per heavy atom. The first-order valence-electron chi connectivity index (χ1n) is 7.18. The summed E-state index contributed by atoms with van der Waals surface area (Å²) in [6.07, 6.45) is 4.82. The van der Waals surface area contributed by atoms with Crippen LogP contribution >= 0.6 is 0 Å². The molecule has 106 valence electrons. The standard InChI is InChI=1S/C14H28N2O2/c1-10(2)6-11(9-15)7-14(18)16-12-4-3-5-13(17)8-12/h10-13,17H,3-9,15H2,1-2H3,(H,16,18)/t11-,12?,13?/m0/s1. The molecule has 0 saturated heterocycles. The van der Waals surface area contributed by atoms with E-state index in [1.807, 2.05) is 0 Å². The van der Waals surface area contributed by atoms with Gasteiger partial charge in [0.15, 0.2) is 0 Å². The molecule has 1 fully saturated rings. The van der Waals surface area contributed by atoms with Crippen molar-refractivity contribution in [3.8, 4) is 0 Å². The average molecular weight is 256 g/mol. The Bertz CT molecular complexity index is 248. The number of nitrogens with one attached hydrogen (secondary N) is 1. The Morgan fingerprint density at radius 2 is 2.17 bits per heavy atom. The Kier molecular flexibility index (Phi) is 6.65. The van der Waals surface area contributed by atoms with Crippen molar-refractivity contribution in [3.05, 3.63) is 0 Å². The summed E-state index contributed by atoms with van der Waals surface area (Å²) in [6.45, 7) is 4.87. The van der Waals surface area contributed by atoms with Crippen molar-refractivity contribution in [1.29, 1.82) is 0 Å². The number of rotatable bonds is 6. The lowest BCUT2D eigenvalue weighted by Crippen LogP contribution is -2.40. The molecule has 1 aliphatic rings. The predicted molar refractivity (Wildman–Crippen MR) is 73.0 cm³/mol. The van der Waals surface area contributed by atoms with Gasteiger partial charge in [-0.05, 0) is 50.5 Å². The van der Waals surface area contributed by atoms with Gasteiger partial charge in [0.1, 0.15) is 0 Å². The van der Waals surface area contributed by atoms with Crippen LogP contribution in [0.4, 0.5) is 0 Å². The molecule has 2 unspecified atom stereocenters. The number of nitrogens with two attached hydrogens (primary N) is 1. The van der Waals surface area contributed by atoms with Crippen molar-refractivity contribution < 1.29 is 9.90 Å². The van der Waals surface area contributed by atoms with Crippen molar-refractivity contribution in [2.75, 3.05) is 6.54 Å². The molecule has 1 amide bonds. The topological polar surface area (TPSA) is 75.4 Å². The van der Waals surface area contributed by atoms with Crippen LogP contribution in [0.5, 0.6) is 0 Å². The Labute approximate surface area is 110 Å². The van der Waals surface area contributed by atoms with Gasteiger partial charge >= 0.3 is 0 Å². The Morgan fingerprint density at radius 1 is 1.44 bits per heavy atom. The fraction of sp³-hybridized carbons (Fsp3) is 0.929. The molecule has 0 spiro atoms. The van der Waals surface area contributed by atoms with E-state index in [4.69, 9.17) is 5.73 Å². The van der Waals surface area contributed by atoms with Gasteiger partial charge < -0.3 is 16.2 Å². The number of aliphatic hydroxyl groups excluding tert-OH is 1. The molecule has 0 aromatic heterocycles. The average Bonchev–Trinajstić information content (AvgIpc) is 2.27. The van der Waals surface area contributed by atoms with Gasteiger partial charge in [0.2, 0.25) is 5.91 Å². The summed E-state index contributed by atoms with van der Waals surface area (Å²) in [4.78, 5) is 11.9. The largest absolute Gasteiger partial charge is 0.393 e. The molecular formula is C14H28N2O2. The number of carbonyl (C=O) groups excluding carboxylic acids is 1. The number of carbonyl (C=O) groups is 1. The highest BCUT2D eigenvalue weighted by molar-refractivity contribution is 5.76. The first kappa shape index (κ1) is 15.4. The molecule has 4 heteroatoms. The van der Waals surface area contributed by atoms with E-state index in [-0.39, 0.29) is 24.0 Å². The lowest BCUT2D eigenvalue weighted by Gasteiger charge is -2.27. The third kappa shape index (κ3) is 5.83. The minimum Gasteiger partial charge on any atom is -0.393 e. The van der Waals surface area contributed by atoms with Crippen LogP contribution in [-0.2, 0) is 4.79 Å². The van der Waals surface area contributed by atoms with Gasteiger partial charge in [0.05, 0.1) is 6.10 Å². The van der Waals surface area contributed by atoms with Gasteiger partial charge in [-0.1, -0.05) is 13.8 Å². The zero-order valence-corrected chi connectivity index (χ0v) is 11.7. The molecule has 0 bridgehead atoms. The van der Waals surface area contributed by atoms with Gasteiger partial charge in [0.25, 0.3) is 0 Å². The maximum atomic E-state index is 11.9. The molecule has 4 nitrogen and oxygen atoms in total. The van der Waals surface area contributed by atoms with E-state index < -0.39 is 0 Å². The number of amides is 1. The SMILES string of the molecule is CC(C)C[C@H](CN)CC(=O)NC1CCCC(O)C1. The van der Waals surface area contributed by atoms with E-state index in [2.05, 4.69) is 19.2 Å². The van der Waals surface area contributed by atoms with E-state index in [9.17, 15) is 9.90 Å². The first-order chi connectivity index (χ1) is 8.51. The second kappa shape index (κ2) is 7.74. The number of hydrogen-bond acceptors (Lipinski definition) is 3. The van der Waals surface area contributed by atoms with Gasteiger partial charge in [-0.3, -0.25) is 4.79 Å². The van der Waals surface area contributed by atoms with Gasteiger partial charge in [-0.25, -0.2) is 0 Å². The molecule has 0 aliphatic heterocycles. The van der Waals surface area contributed by atoms with Crippen LogP contribution in [-0.4, -0.2) is 29.7 Å². The molecule has 3 atom stereocenters. The fourth-order valence-electron chi connectivity index (χ4n) is 2.77. The van der Waals surface area contributed by atoms with Crippen molar-refractivity contribution in [2.45, 2.75) is 64.5 Å². The molecule has 0 heterocycles. The van der Waals surface area contributed by atoms with E-state index in [0.717, 1.165) is 25.7 Å². The third-order valence-corrected chi connectivity index (χ3v) is 3.62. The van der Waals surface area contributed by atoms with Gasteiger partial charge in [-0.2, -0.15) is 0 Å². The quantitative estimate of drug-likeness (QED) is 0.672. The summed E-state index contributed by atoms with van der Waals surface area (Å²) in [7, 11) is 0. The van der Waals surface area contributed by atoms with Crippen LogP contribution in [0.1, 0.15) is 52.4 Å². The van der Waals surface area contributed by atoms with Crippen LogP contribution in [0.2, 0.25) is 0 Å². The molecule has 0 aromatic rings. The maximum absolute atomic E-state index is 11.9. The lowest BCUT2D eigenvalue weighted by molar-refractivity contribution is -0.123. The minimum absolute atomic E-state index is 0.0881. The van der Waals surface area contributed by atoms with Crippen LogP contribution in [0, 0.1) is 11.8 Å². The van der Waals surface area contributed by atoms with Crippen LogP contribution < -0.4 is 11.1 Å². The monoisotopic (exact) mass is 256 g/mol. The second-order valence-corrected chi connectivity index (χ2v) is 6.02. The number of hydrogen-bond donors (Lipinski definition) is 3. The van der Waals surface area contributed by atoms with E-state index in [0.29, 0.717) is 25.3 Å². The summed E-state index contributed by atoms with van der Waals surface area (Å²) in [5.41, 5.74) is 5.70. The highest BCUT2D eigenvalue weighted by Gasteiger charge is 2.22. The lowest BCUT2D eigenvalue weighted by atomic mass is 9.91. The molecular weight excluding hydrogens is 228 g/mol. The molecule has 1 saturated carbocycles. The summed E-state index contributed by atoms with van der Waals surface area (Å²) >= 11 is 0. The van der Waals surface area contributed by atoms with Crippen molar-refractivity contribution in [1.82, 2.24) is 5.32 Å². The normalized spacial score (nSPS) is 26.1. The van der Waals surface area contributed by atoms with E-state index in [1.165, 1.54) is 0 Å². The smallest absolute Gasteiger partial charge is 0.220 e. The first-order valence-corrected chi connectivity index (χ1v) is 7.18. The van der Waals surface area contributed by atoms with Crippen LogP contribution in [0.15, 0.2) is 0 Å². The highest BCUT2D eigenvalue weighted by Crippen LogP contribution is 2.19. The molecule has 0 radical (unpaired) electrons. The van der Waals surface area contributed by atoms with Gasteiger partial charge in [-0.15, -0.1) is 0 Å². The van der Waals surface area contributed by atoms with E-state index >= 15 is 0 Å². The summed E-state index contributed by atoms with van der Waals surface area (Å²) in [5.74, 6) is 0.937. The number of aliphatic hydroxyl groups is 1. The molecule has 1 aliphatic carbocycles. The van der Waals surface area contributed by atoms with Crippen molar-refractivity contribution in [3.63, 3.8) is 0 Å². The summed E-state index contributed by atoms with van der Waals surface area (Å²) in [6, 6.07) is 0.152. The summed E-state index contributed by atoms with van der Waals surface area (Å²) < 4.78 is 0. The molecule has 1 rings (SSSR count). The minimum atomic E-state index is -0.245. The highest BCUT2D eigenvalue weighted by atomic mass is 16.3. The second-order valence-electron chi connectivity index (χ2n) is 6.02. The third-order valence-electron chi connectivity index (χ3n) is 3.62. The summed E-state index contributed by atoms with van der Waals surface area (Å²) in [5, 5.41) is 12.6.